The molecule has 0 aliphatic rings. The number of hydrogen-bond acceptors (Lipinski definition) is 3. The lowest BCUT2D eigenvalue weighted by molar-refractivity contribution is -0.676. The molecule has 4 N–H and O–H groups in total. The van der Waals surface area contributed by atoms with E-state index in [2.05, 4.69) is 47.9 Å². The van der Waals surface area contributed by atoms with Crippen molar-refractivity contribution in [3.05, 3.63) is 57.8 Å². The zero-order valence-corrected chi connectivity index (χ0v) is 16.4. The third-order valence-electron chi connectivity index (χ3n) is 4.15. The van der Waals surface area contributed by atoms with Crippen molar-refractivity contribution in [3.8, 4) is 0 Å². The van der Waals surface area contributed by atoms with Gasteiger partial charge in [-0.05, 0) is 31.7 Å². The fourth-order valence-corrected chi connectivity index (χ4v) is 3.50. The number of quaternary nitrogens is 1. The first-order valence-electron chi connectivity index (χ1n) is 9.01. The zero-order chi connectivity index (χ0) is 18.9. The molecule has 5 nitrogen and oxygen atoms in total. The van der Waals surface area contributed by atoms with Crippen molar-refractivity contribution in [1.29, 1.82) is 0 Å². The molecule has 1 aromatic carbocycles. The SMILES string of the molecule is CCCNC(=O)[C@H](C)NC(=O)C[NH2+][C@@H](c1ccc(C)cc1)c1cccs1. The predicted molar refractivity (Wildman–Crippen MR) is 105 cm³/mol. The number of benzene rings is 1. The molecule has 0 spiro atoms. The summed E-state index contributed by atoms with van der Waals surface area (Å²) in [6, 6.07) is 12.0. The van der Waals surface area contributed by atoms with Gasteiger partial charge in [-0.2, -0.15) is 0 Å². The third-order valence-corrected chi connectivity index (χ3v) is 5.10. The summed E-state index contributed by atoms with van der Waals surface area (Å²) in [5, 5.41) is 9.63. The summed E-state index contributed by atoms with van der Waals surface area (Å²) in [6.07, 6.45) is 0.874. The van der Waals surface area contributed by atoms with Crippen molar-refractivity contribution < 1.29 is 14.9 Å². The molecule has 0 radical (unpaired) electrons. The molecule has 0 saturated carbocycles. The maximum Gasteiger partial charge on any atom is 0.275 e. The number of carbonyl (C=O) groups is 2. The van der Waals surface area contributed by atoms with Gasteiger partial charge in [0, 0.05) is 12.1 Å². The van der Waals surface area contributed by atoms with E-state index in [1.165, 1.54) is 16.0 Å². The number of hydrogen-bond donors (Lipinski definition) is 3. The highest BCUT2D eigenvalue weighted by Crippen LogP contribution is 2.22. The molecule has 2 amide bonds. The van der Waals surface area contributed by atoms with Crippen molar-refractivity contribution in [2.45, 2.75) is 39.3 Å². The minimum atomic E-state index is -0.526. The number of aryl methyl sites for hydroxylation is 1. The molecule has 2 aromatic rings. The summed E-state index contributed by atoms with van der Waals surface area (Å²) < 4.78 is 0. The lowest BCUT2D eigenvalue weighted by atomic mass is 10.0. The quantitative estimate of drug-likeness (QED) is 0.625. The first-order valence-corrected chi connectivity index (χ1v) is 9.89. The fourth-order valence-electron chi connectivity index (χ4n) is 2.65. The standard InChI is InChI=1S/C20H27N3O2S/c1-4-11-21-20(25)15(3)23-18(24)13-22-19(17-6-5-12-26-17)16-9-7-14(2)8-10-16/h5-10,12,15,19,22H,4,11,13H2,1-3H3,(H,21,25)(H,23,24)/p+1/t15-,19-/m0/s1. The Morgan fingerprint density at radius 2 is 1.92 bits per heavy atom. The van der Waals surface area contributed by atoms with Crippen LogP contribution in [-0.2, 0) is 9.59 Å². The van der Waals surface area contributed by atoms with E-state index in [1.54, 1.807) is 18.3 Å². The van der Waals surface area contributed by atoms with Crippen molar-refractivity contribution in [2.24, 2.45) is 0 Å². The maximum absolute atomic E-state index is 12.3. The molecule has 1 aromatic heterocycles. The van der Waals surface area contributed by atoms with Crippen LogP contribution in [0.2, 0.25) is 0 Å². The molecule has 140 valence electrons. The number of amides is 2. The molecule has 2 rings (SSSR count). The maximum atomic E-state index is 12.3. The van der Waals surface area contributed by atoms with E-state index in [0.717, 1.165) is 6.42 Å². The van der Waals surface area contributed by atoms with Gasteiger partial charge in [-0.1, -0.05) is 42.8 Å². The highest BCUT2D eigenvalue weighted by Gasteiger charge is 2.21. The van der Waals surface area contributed by atoms with E-state index in [9.17, 15) is 9.59 Å². The molecule has 2 atom stereocenters. The summed E-state index contributed by atoms with van der Waals surface area (Å²) in [7, 11) is 0. The number of nitrogens with one attached hydrogen (secondary N) is 2. The van der Waals surface area contributed by atoms with E-state index >= 15 is 0 Å². The molecular formula is C20H28N3O2S+. The van der Waals surface area contributed by atoms with Gasteiger partial charge >= 0.3 is 0 Å². The molecular weight excluding hydrogens is 346 g/mol. The minimum absolute atomic E-state index is 0.0746. The number of nitrogens with two attached hydrogens (primary N) is 1. The molecule has 1 heterocycles. The molecule has 6 heteroatoms. The topological polar surface area (TPSA) is 74.8 Å². The Morgan fingerprint density at radius 3 is 2.54 bits per heavy atom. The van der Waals surface area contributed by atoms with Crippen LogP contribution >= 0.6 is 11.3 Å². The van der Waals surface area contributed by atoms with Crippen molar-refractivity contribution in [1.82, 2.24) is 10.6 Å². The number of thiophene rings is 1. The van der Waals surface area contributed by atoms with Crippen molar-refractivity contribution in [3.63, 3.8) is 0 Å². The molecule has 0 aliphatic heterocycles. The van der Waals surface area contributed by atoms with Crippen LogP contribution in [0, 0.1) is 6.92 Å². The average Bonchev–Trinajstić information content (AvgIpc) is 3.15. The van der Waals surface area contributed by atoms with Crippen LogP contribution in [-0.4, -0.2) is 30.9 Å². The van der Waals surface area contributed by atoms with Gasteiger partial charge in [0.2, 0.25) is 5.91 Å². The van der Waals surface area contributed by atoms with Gasteiger partial charge in [-0.3, -0.25) is 9.59 Å². The van der Waals surface area contributed by atoms with Gasteiger partial charge in [-0.25, -0.2) is 0 Å². The molecule has 26 heavy (non-hydrogen) atoms. The van der Waals surface area contributed by atoms with Crippen LogP contribution in [0.4, 0.5) is 0 Å². The monoisotopic (exact) mass is 374 g/mol. The summed E-state index contributed by atoms with van der Waals surface area (Å²) in [4.78, 5) is 25.4. The van der Waals surface area contributed by atoms with Crippen LogP contribution in [0.5, 0.6) is 0 Å². The minimum Gasteiger partial charge on any atom is -0.354 e. The number of rotatable bonds is 9. The largest absolute Gasteiger partial charge is 0.354 e. The van der Waals surface area contributed by atoms with Gasteiger partial charge in [0.05, 0.1) is 4.88 Å². The Bertz CT molecular complexity index is 698. The highest BCUT2D eigenvalue weighted by atomic mass is 32.1. The second-order valence-corrected chi connectivity index (χ2v) is 7.40. The first-order chi connectivity index (χ1) is 12.5. The van der Waals surface area contributed by atoms with Crippen molar-refractivity contribution in [2.75, 3.05) is 13.1 Å². The van der Waals surface area contributed by atoms with Crippen LogP contribution in [0.25, 0.3) is 0 Å². The highest BCUT2D eigenvalue weighted by molar-refractivity contribution is 7.10. The zero-order valence-electron chi connectivity index (χ0n) is 15.6. The van der Waals surface area contributed by atoms with Gasteiger partial charge in [0.1, 0.15) is 12.1 Å². The smallest absolute Gasteiger partial charge is 0.275 e. The summed E-state index contributed by atoms with van der Waals surface area (Å²) in [5.41, 5.74) is 2.38. The van der Waals surface area contributed by atoms with Gasteiger partial charge in [0.15, 0.2) is 6.54 Å². The van der Waals surface area contributed by atoms with Crippen LogP contribution < -0.4 is 16.0 Å². The normalized spacial score (nSPS) is 13.0. The Morgan fingerprint density at radius 1 is 1.19 bits per heavy atom. The predicted octanol–water partition coefficient (Wildman–Crippen LogP) is 1.74. The van der Waals surface area contributed by atoms with E-state index in [1.807, 2.05) is 23.7 Å². The summed E-state index contributed by atoms with van der Waals surface area (Å²) in [5.74, 6) is -0.286. The van der Waals surface area contributed by atoms with Gasteiger partial charge in [0.25, 0.3) is 5.91 Å². The summed E-state index contributed by atoms with van der Waals surface area (Å²) in [6.45, 7) is 6.65. The Hall–Kier alpha value is -2.18. The molecule has 0 fully saturated rings. The molecule has 0 aliphatic carbocycles. The van der Waals surface area contributed by atoms with Crippen LogP contribution in [0.1, 0.15) is 42.3 Å². The summed E-state index contributed by atoms with van der Waals surface area (Å²) >= 11 is 1.68. The second-order valence-electron chi connectivity index (χ2n) is 6.42. The van der Waals surface area contributed by atoms with E-state index in [4.69, 9.17) is 0 Å². The van der Waals surface area contributed by atoms with Gasteiger partial charge in [-0.15, -0.1) is 11.3 Å². The Kier molecular flexibility index (Phi) is 7.81. The third kappa shape index (κ3) is 5.97. The van der Waals surface area contributed by atoms with Crippen LogP contribution in [0.15, 0.2) is 41.8 Å². The lowest BCUT2D eigenvalue weighted by Gasteiger charge is -2.17. The van der Waals surface area contributed by atoms with E-state index < -0.39 is 6.04 Å². The lowest BCUT2D eigenvalue weighted by Crippen LogP contribution is -2.87. The molecule has 0 saturated heterocycles. The van der Waals surface area contributed by atoms with Gasteiger partial charge < -0.3 is 16.0 Å². The van der Waals surface area contributed by atoms with E-state index in [-0.39, 0.29) is 24.4 Å². The average molecular weight is 375 g/mol. The molecule has 0 bridgehead atoms. The van der Waals surface area contributed by atoms with Crippen LogP contribution in [0.3, 0.4) is 0 Å². The molecule has 0 unspecified atom stereocenters. The Balaban J connectivity index is 1.95. The first kappa shape index (κ1) is 20.1. The van der Waals surface area contributed by atoms with Crippen molar-refractivity contribution >= 4 is 23.2 Å². The Labute approximate surface area is 159 Å². The fraction of sp³-hybridized carbons (Fsp3) is 0.400. The van der Waals surface area contributed by atoms with E-state index in [0.29, 0.717) is 6.54 Å². The second kappa shape index (κ2) is 10.1. The number of carbonyl (C=O) groups excluding carboxylic acids is 2.